The summed E-state index contributed by atoms with van der Waals surface area (Å²) in [6.07, 6.45) is 9.55. The lowest BCUT2D eigenvalue weighted by Gasteiger charge is -2.13. The minimum atomic E-state index is -0.0787. The molecule has 0 unspecified atom stereocenters. The molecule has 30 heavy (non-hydrogen) atoms. The van der Waals surface area contributed by atoms with Gasteiger partial charge in [-0.1, -0.05) is 12.1 Å². The summed E-state index contributed by atoms with van der Waals surface area (Å²) >= 11 is 1.72. The van der Waals surface area contributed by atoms with Gasteiger partial charge < -0.3 is 5.32 Å². The summed E-state index contributed by atoms with van der Waals surface area (Å²) in [5, 5.41) is 3.67. The molecule has 6 heteroatoms. The van der Waals surface area contributed by atoms with Crippen LogP contribution in [0, 0.1) is 0 Å². The van der Waals surface area contributed by atoms with Crippen LogP contribution in [0.4, 0.5) is 5.69 Å². The highest BCUT2D eigenvalue weighted by atomic mass is 32.1. The second-order valence-electron chi connectivity index (χ2n) is 8.21. The van der Waals surface area contributed by atoms with Crippen LogP contribution in [0.1, 0.15) is 60.9 Å². The van der Waals surface area contributed by atoms with E-state index in [9.17, 15) is 9.59 Å². The van der Waals surface area contributed by atoms with Gasteiger partial charge in [0, 0.05) is 24.0 Å². The Morgan fingerprint density at radius 1 is 1.10 bits per heavy atom. The van der Waals surface area contributed by atoms with E-state index in [1.54, 1.807) is 11.3 Å². The maximum absolute atomic E-state index is 13.5. The molecular weight excluding hydrogens is 394 g/mol. The fraction of sp³-hybridized carbons (Fsp3) is 0.375. The van der Waals surface area contributed by atoms with Crippen LogP contribution in [0.25, 0.3) is 21.9 Å². The van der Waals surface area contributed by atoms with Gasteiger partial charge in [0.15, 0.2) is 0 Å². The van der Waals surface area contributed by atoms with Crippen molar-refractivity contribution in [2.75, 3.05) is 5.32 Å². The Kier molecular flexibility index (Phi) is 5.03. The predicted molar refractivity (Wildman–Crippen MR) is 123 cm³/mol. The third-order valence-electron chi connectivity index (χ3n) is 6.01. The minimum absolute atomic E-state index is 0.0787. The smallest absolute Gasteiger partial charge is 0.262 e. The molecule has 0 bridgehead atoms. The molecule has 3 aromatic rings. The third-order valence-corrected chi connectivity index (χ3v) is 7.20. The number of allylic oxidation sites excluding steroid dienone is 1. The van der Waals surface area contributed by atoms with Gasteiger partial charge in [-0.2, -0.15) is 0 Å². The molecule has 1 aromatic carbocycles. The minimum Gasteiger partial charge on any atom is -0.326 e. The van der Waals surface area contributed by atoms with Gasteiger partial charge in [0.2, 0.25) is 5.91 Å². The quantitative estimate of drug-likeness (QED) is 0.634. The van der Waals surface area contributed by atoms with Crippen LogP contribution in [0.15, 0.2) is 29.1 Å². The van der Waals surface area contributed by atoms with Crippen LogP contribution >= 0.6 is 11.3 Å². The summed E-state index contributed by atoms with van der Waals surface area (Å²) in [6, 6.07) is 7.80. The van der Waals surface area contributed by atoms with Crippen molar-refractivity contribution < 1.29 is 4.79 Å². The van der Waals surface area contributed by atoms with E-state index < -0.39 is 0 Å². The Hall–Kier alpha value is -2.73. The van der Waals surface area contributed by atoms with E-state index in [0.717, 1.165) is 71.5 Å². The second kappa shape index (κ2) is 7.84. The van der Waals surface area contributed by atoms with E-state index in [2.05, 4.69) is 11.4 Å². The number of hydrogen-bond donors (Lipinski definition) is 1. The van der Waals surface area contributed by atoms with Crippen LogP contribution in [-0.4, -0.2) is 15.5 Å². The van der Waals surface area contributed by atoms with Gasteiger partial charge >= 0.3 is 0 Å². The van der Waals surface area contributed by atoms with Crippen LogP contribution in [-0.2, 0) is 24.2 Å². The number of rotatable bonds is 2. The Bertz CT molecular complexity index is 1220. The van der Waals surface area contributed by atoms with Crippen LogP contribution < -0.4 is 10.9 Å². The first-order chi connectivity index (χ1) is 14.6. The number of hydrogen-bond acceptors (Lipinski definition) is 4. The molecule has 0 spiro atoms. The standard InChI is InChI=1S/C24H25N3O2S/c1-15(28)25-18-11-9-16(10-12-18)14-17-6-4-5-13-27-22(17)26-23-21(24(27)29)19-7-2-3-8-20(19)30-23/h9-12,14H,2-8,13H2,1H3,(H,25,28)/b17-14+. The first kappa shape index (κ1) is 19.2. The van der Waals surface area contributed by atoms with Crippen molar-refractivity contribution in [1.29, 1.82) is 0 Å². The van der Waals surface area contributed by atoms with Gasteiger partial charge in [0.25, 0.3) is 5.56 Å². The van der Waals surface area contributed by atoms with Gasteiger partial charge in [-0.3, -0.25) is 14.2 Å². The number of carbonyl (C=O) groups excluding carboxylic acids is 1. The monoisotopic (exact) mass is 419 g/mol. The molecule has 5 nitrogen and oxygen atoms in total. The van der Waals surface area contributed by atoms with Crippen molar-refractivity contribution in [3.8, 4) is 0 Å². The van der Waals surface area contributed by atoms with E-state index in [1.807, 2.05) is 28.8 Å². The second-order valence-corrected chi connectivity index (χ2v) is 9.30. The lowest BCUT2D eigenvalue weighted by atomic mass is 9.97. The summed E-state index contributed by atoms with van der Waals surface area (Å²) in [6.45, 7) is 2.24. The number of thiophene rings is 1. The average molecular weight is 420 g/mol. The molecule has 2 aliphatic rings. The molecule has 1 aliphatic carbocycles. The number of amides is 1. The van der Waals surface area contributed by atoms with Crippen LogP contribution in [0.3, 0.4) is 0 Å². The number of anilines is 1. The lowest BCUT2D eigenvalue weighted by Crippen LogP contribution is -2.24. The summed E-state index contributed by atoms with van der Waals surface area (Å²) in [5.74, 6) is 0.750. The lowest BCUT2D eigenvalue weighted by molar-refractivity contribution is -0.114. The van der Waals surface area contributed by atoms with Gasteiger partial charge in [-0.25, -0.2) is 4.98 Å². The Morgan fingerprint density at radius 2 is 1.87 bits per heavy atom. The van der Waals surface area contributed by atoms with Crippen molar-refractivity contribution in [2.24, 2.45) is 0 Å². The molecule has 0 atom stereocenters. The average Bonchev–Trinajstić information content (AvgIpc) is 2.99. The van der Waals surface area contributed by atoms with Gasteiger partial charge in [-0.15, -0.1) is 11.3 Å². The first-order valence-corrected chi connectivity index (χ1v) is 11.6. The zero-order chi connectivity index (χ0) is 20.7. The number of carbonyl (C=O) groups is 1. The fourth-order valence-corrected chi connectivity index (χ4v) is 5.84. The maximum atomic E-state index is 13.5. The third kappa shape index (κ3) is 3.49. The fourth-order valence-electron chi connectivity index (χ4n) is 4.59. The van der Waals surface area contributed by atoms with Gasteiger partial charge in [0.1, 0.15) is 10.7 Å². The highest BCUT2D eigenvalue weighted by Crippen LogP contribution is 2.35. The zero-order valence-electron chi connectivity index (χ0n) is 17.2. The summed E-state index contributed by atoms with van der Waals surface area (Å²) < 4.78 is 1.91. The summed E-state index contributed by atoms with van der Waals surface area (Å²) in [4.78, 5) is 32.0. The van der Waals surface area contributed by atoms with Crippen LogP contribution in [0.5, 0.6) is 0 Å². The number of nitrogens with zero attached hydrogens (tertiary/aromatic N) is 2. The molecule has 0 radical (unpaired) electrons. The highest BCUT2D eigenvalue weighted by Gasteiger charge is 2.24. The first-order valence-electron chi connectivity index (χ1n) is 10.7. The molecule has 3 heterocycles. The maximum Gasteiger partial charge on any atom is 0.262 e. The topological polar surface area (TPSA) is 64.0 Å². The van der Waals surface area contributed by atoms with E-state index in [4.69, 9.17) is 4.98 Å². The molecule has 5 rings (SSSR count). The van der Waals surface area contributed by atoms with Gasteiger partial charge in [0.05, 0.1) is 5.39 Å². The Morgan fingerprint density at radius 3 is 2.67 bits per heavy atom. The Labute approximate surface area is 179 Å². The molecular formula is C24H25N3O2S. The molecule has 154 valence electrons. The van der Waals surface area contributed by atoms with Crippen LogP contribution in [0.2, 0.25) is 0 Å². The molecule has 0 fully saturated rings. The number of aryl methyl sites for hydroxylation is 2. The molecule has 0 saturated carbocycles. The number of fused-ring (bicyclic) bond motifs is 4. The number of aromatic nitrogens is 2. The SMILES string of the molecule is CC(=O)Nc1ccc(/C=C2\CCCCn3c2nc2sc4c(c2c3=O)CCCC4)cc1. The molecule has 0 saturated heterocycles. The molecule has 2 aromatic heterocycles. The molecule has 1 N–H and O–H groups in total. The van der Waals surface area contributed by atoms with E-state index in [-0.39, 0.29) is 11.5 Å². The van der Waals surface area contributed by atoms with Crippen molar-refractivity contribution in [1.82, 2.24) is 9.55 Å². The van der Waals surface area contributed by atoms with E-state index in [1.165, 1.54) is 30.2 Å². The van der Waals surface area contributed by atoms with Crippen molar-refractivity contribution in [3.63, 3.8) is 0 Å². The molecule has 1 amide bonds. The van der Waals surface area contributed by atoms with Gasteiger partial charge in [-0.05, 0) is 79.9 Å². The summed E-state index contributed by atoms with van der Waals surface area (Å²) in [5.41, 5.74) is 4.35. The molecule has 1 aliphatic heterocycles. The largest absolute Gasteiger partial charge is 0.326 e. The highest BCUT2D eigenvalue weighted by molar-refractivity contribution is 7.18. The Balaban J connectivity index is 1.60. The zero-order valence-corrected chi connectivity index (χ0v) is 18.0. The number of nitrogens with one attached hydrogen (secondary N) is 1. The van der Waals surface area contributed by atoms with Crippen molar-refractivity contribution >= 4 is 44.8 Å². The van der Waals surface area contributed by atoms with E-state index in [0.29, 0.717) is 0 Å². The normalized spacial score (nSPS) is 17.4. The summed E-state index contributed by atoms with van der Waals surface area (Å²) in [7, 11) is 0. The van der Waals surface area contributed by atoms with E-state index >= 15 is 0 Å². The number of benzene rings is 1. The van der Waals surface area contributed by atoms with Crippen molar-refractivity contribution in [3.05, 3.63) is 56.4 Å². The predicted octanol–water partition coefficient (Wildman–Crippen LogP) is 5.02. The van der Waals surface area contributed by atoms with Crippen molar-refractivity contribution in [2.45, 2.75) is 58.4 Å².